The van der Waals surface area contributed by atoms with Crippen LogP contribution >= 0.6 is 0 Å². The van der Waals surface area contributed by atoms with E-state index in [4.69, 9.17) is 4.52 Å². The summed E-state index contributed by atoms with van der Waals surface area (Å²) in [5.41, 5.74) is 3.09. The molecule has 0 saturated carbocycles. The van der Waals surface area contributed by atoms with Crippen molar-refractivity contribution in [2.45, 2.75) is 31.6 Å². The number of hydrogen-bond donors (Lipinski definition) is 0. The van der Waals surface area contributed by atoms with Gasteiger partial charge in [0.25, 0.3) is 0 Å². The molecule has 2 aromatic carbocycles. The number of nitrogens with zero attached hydrogens (tertiary/aromatic N) is 4. The predicted octanol–water partition coefficient (Wildman–Crippen LogP) is 4.25. The van der Waals surface area contributed by atoms with Crippen molar-refractivity contribution in [1.29, 1.82) is 0 Å². The van der Waals surface area contributed by atoms with Crippen LogP contribution in [0.2, 0.25) is 0 Å². The molecule has 148 valence electrons. The average Bonchev–Trinajstić information content (AvgIpc) is 3.42. The maximum absolute atomic E-state index is 12.5. The molecule has 6 heteroatoms. The first-order valence-corrected chi connectivity index (χ1v) is 10.3. The minimum Gasteiger partial charge on any atom is -0.372 e. The highest BCUT2D eigenvalue weighted by Crippen LogP contribution is 2.32. The van der Waals surface area contributed by atoms with Crippen molar-refractivity contribution in [3.05, 3.63) is 60.5 Å². The van der Waals surface area contributed by atoms with Crippen LogP contribution in [0.1, 0.15) is 37.5 Å². The van der Waals surface area contributed by atoms with Crippen LogP contribution < -0.4 is 9.80 Å². The molecule has 2 fully saturated rings. The molecule has 29 heavy (non-hydrogen) atoms. The normalized spacial score (nSPS) is 19.7. The van der Waals surface area contributed by atoms with Gasteiger partial charge in [-0.05, 0) is 55.7 Å². The van der Waals surface area contributed by atoms with Crippen molar-refractivity contribution < 1.29 is 9.32 Å². The number of piperidine rings is 1. The van der Waals surface area contributed by atoms with Gasteiger partial charge in [-0.3, -0.25) is 4.79 Å². The molecule has 3 aromatic rings. The maximum Gasteiger partial charge on any atom is 0.232 e. The van der Waals surface area contributed by atoms with Crippen LogP contribution in [0.15, 0.2) is 59.1 Å². The number of benzene rings is 2. The highest BCUT2D eigenvalue weighted by molar-refractivity contribution is 5.96. The van der Waals surface area contributed by atoms with Gasteiger partial charge in [-0.1, -0.05) is 23.4 Å². The molecular formula is C23H24N4O2. The summed E-state index contributed by atoms with van der Waals surface area (Å²) in [6.45, 7) is 2.82. The van der Waals surface area contributed by atoms with Crippen LogP contribution in [-0.2, 0) is 4.79 Å². The Morgan fingerprint density at radius 1 is 0.897 bits per heavy atom. The molecule has 0 N–H and O–H groups in total. The molecule has 0 spiro atoms. The molecule has 2 aliphatic heterocycles. The van der Waals surface area contributed by atoms with Gasteiger partial charge in [-0.2, -0.15) is 4.98 Å². The molecule has 1 amide bonds. The summed E-state index contributed by atoms with van der Waals surface area (Å²) < 4.78 is 5.53. The summed E-state index contributed by atoms with van der Waals surface area (Å²) in [5.74, 6) is 1.13. The Bertz CT molecular complexity index is 978. The molecule has 5 rings (SSSR count). The fourth-order valence-electron chi connectivity index (χ4n) is 4.22. The first kappa shape index (κ1) is 17.9. The lowest BCUT2D eigenvalue weighted by atomic mass is 10.1. The van der Waals surface area contributed by atoms with E-state index in [0.29, 0.717) is 24.7 Å². The minimum atomic E-state index is -0.0726. The van der Waals surface area contributed by atoms with E-state index < -0.39 is 0 Å². The molecule has 0 bridgehead atoms. The van der Waals surface area contributed by atoms with Gasteiger partial charge < -0.3 is 14.3 Å². The fraction of sp³-hybridized carbons (Fsp3) is 0.348. The number of amides is 1. The van der Waals surface area contributed by atoms with E-state index in [9.17, 15) is 4.79 Å². The van der Waals surface area contributed by atoms with Gasteiger partial charge in [0.05, 0.1) is 5.92 Å². The van der Waals surface area contributed by atoms with E-state index >= 15 is 0 Å². The molecule has 0 radical (unpaired) electrons. The van der Waals surface area contributed by atoms with E-state index in [1.807, 2.05) is 30.3 Å². The summed E-state index contributed by atoms with van der Waals surface area (Å²) in [4.78, 5) is 21.3. The monoisotopic (exact) mass is 388 g/mol. The Kier molecular flexibility index (Phi) is 4.76. The molecule has 2 saturated heterocycles. The summed E-state index contributed by atoms with van der Waals surface area (Å²) >= 11 is 0. The van der Waals surface area contributed by atoms with Crippen molar-refractivity contribution in [3.8, 4) is 11.4 Å². The topological polar surface area (TPSA) is 62.5 Å². The largest absolute Gasteiger partial charge is 0.372 e. The molecule has 0 unspecified atom stereocenters. The summed E-state index contributed by atoms with van der Waals surface area (Å²) in [6, 6.07) is 18.1. The zero-order valence-electron chi connectivity index (χ0n) is 16.3. The molecule has 1 atom stereocenters. The molecule has 3 heterocycles. The number of carbonyl (C=O) groups excluding carboxylic acids is 1. The van der Waals surface area contributed by atoms with Gasteiger partial charge in [-0.25, -0.2) is 0 Å². The van der Waals surface area contributed by atoms with E-state index in [-0.39, 0.29) is 11.8 Å². The highest BCUT2D eigenvalue weighted by Gasteiger charge is 2.35. The first-order valence-electron chi connectivity index (χ1n) is 10.3. The van der Waals surface area contributed by atoms with Crippen LogP contribution in [0, 0.1) is 0 Å². The van der Waals surface area contributed by atoms with Crippen molar-refractivity contribution in [2.75, 3.05) is 29.4 Å². The number of aromatic nitrogens is 2. The lowest BCUT2D eigenvalue weighted by Crippen LogP contribution is -2.29. The number of carbonyl (C=O) groups is 1. The Labute approximate surface area is 170 Å². The average molecular weight is 388 g/mol. The van der Waals surface area contributed by atoms with Crippen molar-refractivity contribution in [1.82, 2.24) is 10.1 Å². The second-order valence-corrected chi connectivity index (χ2v) is 7.79. The van der Waals surface area contributed by atoms with Crippen LogP contribution in [0.5, 0.6) is 0 Å². The fourth-order valence-corrected chi connectivity index (χ4v) is 4.22. The van der Waals surface area contributed by atoms with E-state index in [1.165, 1.54) is 24.9 Å². The first-order chi connectivity index (χ1) is 14.3. The third-order valence-corrected chi connectivity index (χ3v) is 5.83. The summed E-state index contributed by atoms with van der Waals surface area (Å²) in [5, 5.41) is 4.17. The molecule has 2 aliphatic rings. The quantitative estimate of drug-likeness (QED) is 0.669. The standard InChI is InChI=1S/C23H24N4O2/c28-21-15-18(16-27(21)20-7-3-1-4-8-20)23-24-22(25-29-23)17-9-11-19(12-10-17)26-13-5-2-6-14-26/h1,3-4,7-12,18H,2,5-6,13-16H2/t18-/m0/s1. The second-order valence-electron chi connectivity index (χ2n) is 7.79. The minimum absolute atomic E-state index is 0.0726. The number of rotatable bonds is 4. The van der Waals surface area contributed by atoms with Gasteiger partial charge in [0, 0.05) is 43.0 Å². The third-order valence-electron chi connectivity index (χ3n) is 5.83. The van der Waals surface area contributed by atoms with Crippen molar-refractivity contribution >= 4 is 17.3 Å². The number of hydrogen-bond acceptors (Lipinski definition) is 5. The van der Waals surface area contributed by atoms with E-state index in [0.717, 1.165) is 24.3 Å². The molecule has 0 aliphatic carbocycles. The van der Waals surface area contributed by atoms with Crippen molar-refractivity contribution in [2.24, 2.45) is 0 Å². The van der Waals surface area contributed by atoms with Gasteiger partial charge in [0.2, 0.25) is 17.6 Å². The van der Waals surface area contributed by atoms with E-state index in [1.54, 1.807) is 4.90 Å². The summed E-state index contributed by atoms with van der Waals surface area (Å²) in [7, 11) is 0. The maximum atomic E-state index is 12.5. The third kappa shape index (κ3) is 3.62. The number of anilines is 2. The van der Waals surface area contributed by atoms with Crippen LogP contribution in [0.4, 0.5) is 11.4 Å². The molecular weight excluding hydrogens is 364 g/mol. The lowest BCUT2D eigenvalue weighted by Gasteiger charge is -2.28. The Morgan fingerprint density at radius 3 is 2.41 bits per heavy atom. The van der Waals surface area contributed by atoms with Gasteiger partial charge in [0.15, 0.2) is 0 Å². The predicted molar refractivity (Wildman–Crippen MR) is 112 cm³/mol. The molecule has 6 nitrogen and oxygen atoms in total. The molecule has 1 aromatic heterocycles. The lowest BCUT2D eigenvalue weighted by molar-refractivity contribution is -0.117. The van der Waals surface area contributed by atoms with E-state index in [2.05, 4.69) is 39.3 Å². The zero-order valence-corrected chi connectivity index (χ0v) is 16.3. The van der Waals surface area contributed by atoms with Gasteiger partial charge >= 0.3 is 0 Å². The Morgan fingerprint density at radius 2 is 1.66 bits per heavy atom. The van der Waals surface area contributed by atoms with Crippen molar-refractivity contribution in [3.63, 3.8) is 0 Å². The second kappa shape index (κ2) is 7.70. The van der Waals surface area contributed by atoms with Gasteiger partial charge in [-0.15, -0.1) is 0 Å². The van der Waals surface area contributed by atoms with Crippen LogP contribution in [-0.4, -0.2) is 35.7 Å². The van der Waals surface area contributed by atoms with Crippen LogP contribution in [0.25, 0.3) is 11.4 Å². The van der Waals surface area contributed by atoms with Crippen LogP contribution in [0.3, 0.4) is 0 Å². The zero-order chi connectivity index (χ0) is 19.6. The van der Waals surface area contributed by atoms with Gasteiger partial charge in [0.1, 0.15) is 0 Å². The highest BCUT2D eigenvalue weighted by atomic mass is 16.5. The summed E-state index contributed by atoms with van der Waals surface area (Å²) in [6.07, 6.45) is 4.24. The Hall–Kier alpha value is -3.15. The SMILES string of the molecule is O=C1C[C@H](c2nc(-c3ccc(N4CCCCC4)cc3)no2)CN1c1ccccc1. The Balaban J connectivity index is 1.30. The number of para-hydroxylation sites is 1. The smallest absolute Gasteiger partial charge is 0.232 e.